The Hall–Kier alpha value is -1.72. The lowest BCUT2D eigenvalue weighted by Gasteiger charge is -2.15. The molecule has 1 aliphatic carbocycles. The van der Waals surface area contributed by atoms with Crippen LogP contribution in [0.25, 0.3) is 0 Å². The highest BCUT2D eigenvalue weighted by atomic mass is 16.5. The molecule has 0 spiro atoms. The molecule has 1 saturated carbocycles. The molecule has 1 fully saturated rings. The van der Waals surface area contributed by atoms with Gasteiger partial charge in [0.1, 0.15) is 11.8 Å². The van der Waals surface area contributed by atoms with Gasteiger partial charge in [-0.25, -0.2) is 0 Å². The third kappa shape index (κ3) is 2.42. The molecule has 0 aromatic carbocycles. The molecule has 100 valence electrons. The number of ketones is 2. The molecular formula is C12H16O6. The van der Waals surface area contributed by atoms with Crippen LogP contribution in [0.5, 0.6) is 0 Å². The second-order valence-corrected chi connectivity index (χ2v) is 4.05. The van der Waals surface area contributed by atoms with Gasteiger partial charge in [0.2, 0.25) is 11.6 Å². The summed E-state index contributed by atoms with van der Waals surface area (Å²) in [6.45, 7) is 4.95. The highest BCUT2D eigenvalue weighted by molar-refractivity contribution is 6.47. The van der Waals surface area contributed by atoms with Gasteiger partial charge in [-0.15, -0.1) is 0 Å². The van der Waals surface area contributed by atoms with Gasteiger partial charge in [0, 0.05) is 0 Å². The Kier molecular flexibility index (Phi) is 4.58. The molecule has 0 N–H and O–H groups in total. The number of hydrogen-bond acceptors (Lipinski definition) is 6. The second-order valence-electron chi connectivity index (χ2n) is 4.05. The molecule has 0 aromatic heterocycles. The number of Topliss-reactive ketones (excluding diaryl/α,β-unsaturated/α-hetero) is 2. The maximum atomic E-state index is 11.7. The van der Waals surface area contributed by atoms with Crippen LogP contribution in [0.3, 0.4) is 0 Å². The Morgan fingerprint density at radius 2 is 1.28 bits per heavy atom. The second kappa shape index (κ2) is 5.75. The summed E-state index contributed by atoms with van der Waals surface area (Å²) in [6, 6.07) is 0. The van der Waals surface area contributed by atoms with Crippen molar-refractivity contribution >= 4 is 23.5 Å². The number of hydrogen-bond donors (Lipinski definition) is 0. The smallest absolute Gasteiger partial charge is 0.317 e. The number of esters is 2. The third-order valence-electron chi connectivity index (χ3n) is 2.94. The van der Waals surface area contributed by atoms with Crippen LogP contribution in [0.15, 0.2) is 0 Å². The number of carbonyl (C=O) groups excluding carboxylic acids is 4. The average molecular weight is 256 g/mol. The summed E-state index contributed by atoms with van der Waals surface area (Å²) in [7, 11) is 0. The van der Waals surface area contributed by atoms with E-state index in [0.717, 1.165) is 0 Å². The van der Waals surface area contributed by atoms with Gasteiger partial charge in [-0.1, -0.05) is 6.92 Å². The summed E-state index contributed by atoms with van der Waals surface area (Å²) in [6.07, 6.45) is 0. The van der Waals surface area contributed by atoms with Gasteiger partial charge >= 0.3 is 11.9 Å². The van der Waals surface area contributed by atoms with E-state index < -0.39 is 41.3 Å². The lowest BCUT2D eigenvalue weighted by Crippen LogP contribution is -2.29. The molecule has 1 aliphatic rings. The number of carbonyl (C=O) groups is 4. The molecule has 6 heteroatoms. The maximum absolute atomic E-state index is 11.7. The summed E-state index contributed by atoms with van der Waals surface area (Å²) >= 11 is 0. The van der Waals surface area contributed by atoms with Crippen LogP contribution < -0.4 is 0 Å². The SMILES string of the molecule is CCOC(=O)[C@@H]1C(=O)C(=O)[C@@H](C(=O)OCC)C1C. The maximum Gasteiger partial charge on any atom is 0.317 e. The monoisotopic (exact) mass is 256 g/mol. The minimum absolute atomic E-state index is 0.119. The zero-order valence-electron chi connectivity index (χ0n) is 10.6. The van der Waals surface area contributed by atoms with E-state index in [2.05, 4.69) is 0 Å². The summed E-state index contributed by atoms with van der Waals surface area (Å²) in [4.78, 5) is 46.6. The van der Waals surface area contributed by atoms with Gasteiger partial charge in [0.15, 0.2) is 0 Å². The van der Waals surface area contributed by atoms with E-state index in [4.69, 9.17) is 9.47 Å². The van der Waals surface area contributed by atoms with Crippen LogP contribution in [-0.2, 0) is 28.7 Å². The van der Waals surface area contributed by atoms with Crippen LogP contribution in [0.2, 0.25) is 0 Å². The van der Waals surface area contributed by atoms with Gasteiger partial charge in [-0.05, 0) is 19.8 Å². The number of rotatable bonds is 4. The van der Waals surface area contributed by atoms with Crippen molar-refractivity contribution in [1.82, 2.24) is 0 Å². The Morgan fingerprint density at radius 3 is 1.56 bits per heavy atom. The van der Waals surface area contributed by atoms with Gasteiger partial charge < -0.3 is 9.47 Å². The number of ether oxygens (including phenoxy) is 2. The first-order chi connectivity index (χ1) is 8.45. The Bertz CT molecular complexity index is 350. The van der Waals surface area contributed by atoms with Crippen molar-refractivity contribution < 1.29 is 28.7 Å². The molecule has 0 saturated heterocycles. The first kappa shape index (κ1) is 14.3. The summed E-state index contributed by atoms with van der Waals surface area (Å²) in [5.74, 6) is -6.33. The largest absolute Gasteiger partial charge is 0.465 e. The molecule has 6 nitrogen and oxygen atoms in total. The van der Waals surface area contributed by atoms with Crippen molar-refractivity contribution in [3.05, 3.63) is 0 Å². The lowest BCUT2D eigenvalue weighted by molar-refractivity contribution is -0.153. The fourth-order valence-electron chi connectivity index (χ4n) is 2.08. The topological polar surface area (TPSA) is 86.7 Å². The van der Waals surface area contributed by atoms with Crippen molar-refractivity contribution in [3.63, 3.8) is 0 Å². The molecule has 0 heterocycles. The van der Waals surface area contributed by atoms with E-state index in [1.165, 1.54) is 6.92 Å². The van der Waals surface area contributed by atoms with E-state index in [1.807, 2.05) is 0 Å². The molecule has 0 radical (unpaired) electrons. The van der Waals surface area contributed by atoms with Crippen LogP contribution in [0, 0.1) is 17.8 Å². The van der Waals surface area contributed by atoms with Gasteiger partial charge in [0.05, 0.1) is 13.2 Å². The van der Waals surface area contributed by atoms with Crippen LogP contribution >= 0.6 is 0 Å². The van der Waals surface area contributed by atoms with E-state index in [-0.39, 0.29) is 13.2 Å². The molecule has 0 bridgehead atoms. The van der Waals surface area contributed by atoms with Crippen molar-refractivity contribution in [3.8, 4) is 0 Å². The van der Waals surface area contributed by atoms with Gasteiger partial charge in [0.25, 0.3) is 0 Å². The zero-order chi connectivity index (χ0) is 13.9. The van der Waals surface area contributed by atoms with Gasteiger partial charge in [-0.3, -0.25) is 19.2 Å². The lowest BCUT2D eigenvalue weighted by atomic mass is 9.91. The fourth-order valence-corrected chi connectivity index (χ4v) is 2.08. The fraction of sp³-hybridized carbons (Fsp3) is 0.667. The van der Waals surface area contributed by atoms with E-state index in [0.29, 0.717) is 0 Å². The summed E-state index contributed by atoms with van der Waals surface area (Å²) < 4.78 is 9.48. The van der Waals surface area contributed by atoms with E-state index >= 15 is 0 Å². The predicted molar refractivity (Wildman–Crippen MR) is 59.4 cm³/mol. The molecule has 0 aliphatic heterocycles. The predicted octanol–water partition coefficient (Wildman–Crippen LogP) is 0.133. The zero-order valence-corrected chi connectivity index (χ0v) is 10.6. The minimum atomic E-state index is -1.19. The van der Waals surface area contributed by atoms with Gasteiger partial charge in [-0.2, -0.15) is 0 Å². The summed E-state index contributed by atoms with van der Waals surface area (Å²) in [5.41, 5.74) is 0. The molecule has 0 aromatic rings. The van der Waals surface area contributed by atoms with Crippen LogP contribution in [0.1, 0.15) is 20.8 Å². The first-order valence-electron chi connectivity index (χ1n) is 5.87. The molecule has 18 heavy (non-hydrogen) atoms. The normalized spacial score (nSPS) is 24.2. The molecule has 0 amide bonds. The first-order valence-corrected chi connectivity index (χ1v) is 5.87. The third-order valence-corrected chi connectivity index (χ3v) is 2.94. The van der Waals surface area contributed by atoms with Crippen molar-refractivity contribution in [2.75, 3.05) is 13.2 Å². The van der Waals surface area contributed by atoms with Crippen LogP contribution in [-0.4, -0.2) is 36.7 Å². The van der Waals surface area contributed by atoms with E-state index in [9.17, 15) is 19.2 Å². The Morgan fingerprint density at radius 1 is 0.944 bits per heavy atom. The van der Waals surface area contributed by atoms with Crippen molar-refractivity contribution in [2.45, 2.75) is 20.8 Å². The molecule has 2 atom stereocenters. The average Bonchev–Trinajstić information content (AvgIpc) is 2.51. The minimum Gasteiger partial charge on any atom is -0.465 e. The highest BCUT2D eigenvalue weighted by Crippen LogP contribution is 2.33. The highest BCUT2D eigenvalue weighted by Gasteiger charge is 2.54. The van der Waals surface area contributed by atoms with Crippen molar-refractivity contribution in [2.24, 2.45) is 17.8 Å². The summed E-state index contributed by atoms with van der Waals surface area (Å²) in [5, 5.41) is 0. The molecular weight excluding hydrogens is 240 g/mol. The van der Waals surface area contributed by atoms with E-state index in [1.54, 1.807) is 13.8 Å². The van der Waals surface area contributed by atoms with Crippen molar-refractivity contribution in [1.29, 1.82) is 0 Å². The Balaban J connectivity index is 2.93. The Labute approximate surface area is 105 Å². The molecule has 0 unspecified atom stereocenters. The van der Waals surface area contributed by atoms with Crippen LogP contribution in [0.4, 0.5) is 0 Å². The standard InChI is InChI=1S/C12H16O6/c1-4-17-11(15)7-6(3)8(10(14)9(7)13)12(16)18-5-2/h6-8H,4-5H2,1-3H3/t7-,8-/m0/s1. The quantitative estimate of drug-likeness (QED) is 0.404. The molecule has 1 rings (SSSR count).